The van der Waals surface area contributed by atoms with Gasteiger partial charge in [0.05, 0.1) is 12.9 Å². The van der Waals surface area contributed by atoms with Crippen LogP contribution in [0.5, 0.6) is 0 Å². The monoisotopic (exact) mass is 660 g/mol. The first-order chi connectivity index (χ1) is 22.7. The van der Waals surface area contributed by atoms with E-state index >= 15 is 0 Å². The van der Waals surface area contributed by atoms with Crippen molar-refractivity contribution in [2.24, 2.45) is 17.6 Å². The number of hydrogen-bond donors (Lipinski definition) is 3. The summed E-state index contributed by atoms with van der Waals surface area (Å²) in [4.78, 5) is 48.3. The number of H-pyrrole nitrogens is 1. The van der Waals surface area contributed by atoms with E-state index in [0.717, 1.165) is 25.7 Å². The topological polar surface area (TPSA) is 168 Å². The Kier molecular flexibility index (Phi) is 20.0. The average Bonchev–Trinajstić information content (AvgIpc) is 3.45. The van der Waals surface area contributed by atoms with Gasteiger partial charge in [-0.1, -0.05) is 117 Å². The van der Waals surface area contributed by atoms with Crippen molar-refractivity contribution < 1.29 is 19.1 Å². The fraction of sp³-hybridized carbons (Fsp3) is 0.806. The average molecular weight is 661 g/mol. The van der Waals surface area contributed by atoms with E-state index in [0.29, 0.717) is 31.5 Å². The van der Waals surface area contributed by atoms with Gasteiger partial charge in [-0.2, -0.15) is 4.98 Å². The molecule has 2 rings (SSSR count). The smallest absolute Gasteiger partial charge is 0.323 e. The van der Waals surface area contributed by atoms with Gasteiger partial charge in [0.2, 0.25) is 5.95 Å². The highest BCUT2D eigenvalue weighted by Crippen LogP contribution is 2.21. The van der Waals surface area contributed by atoms with E-state index in [4.69, 9.17) is 20.9 Å². The van der Waals surface area contributed by atoms with E-state index in [2.05, 4.69) is 21.9 Å². The van der Waals surface area contributed by atoms with E-state index in [1.165, 1.54) is 77.0 Å². The SMILES string of the molecule is CCCCCCCCCCCCCCCCCC(=O)O[C@H](C)C(CCCOC(=O)[C@@H](N)[C@@H](C)CC)Cn1cnc2c(=O)[nH]c(N)nc21. The van der Waals surface area contributed by atoms with Crippen LogP contribution in [0.3, 0.4) is 0 Å². The molecule has 11 heteroatoms. The number of rotatable bonds is 27. The van der Waals surface area contributed by atoms with Crippen LogP contribution in [-0.2, 0) is 25.6 Å². The molecule has 47 heavy (non-hydrogen) atoms. The molecule has 0 aliphatic carbocycles. The minimum atomic E-state index is -0.651. The molecule has 0 aromatic carbocycles. The highest BCUT2D eigenvalue weighted by Gasteiger charge is 2.24. The second-order valence-electron chi connectivity index (χ2n) is 13.4. The van der Waals surface area contributed by atoms with Crippen molar-refractivity contribution in [3.8, 4) is 0 Å². The molecule has 0 saturated carbocycles. The summed E-state index contributed by atoms with van der Waals surface area (Å²) >= 11 is 0. The number of ether oxygens (including phenoxy) is 2. The molecule has 2 aromatic heterocycles. The lowest BCUT2D eigenvalue weighted by atomic mass is 9.97. The second kappa shape index (κ2) is 23.4. The zero-order chi connectivity index (χ0) is 34.4. The number of aromatic amines is 1. The molecule has 2 aromatic rings. The fourth-order valence-electron chi connectivity index (χ4n) is 5.94. The molecular weight excluding hydrogens is 596 g/mol. The number of carbonyl (C=O) groups excluding carboxylic acids is 2. The number of hydrogen-bond acceptors (Lipinski definition) is 9. The summed E-state index contributed by atoms with van der Waals surface area (Å²) in [6.45, 7) is 8.68. The molecule has 11 nitrogen and oxygen atoms in total. The van der Waals surface area contributed by atoms with Crippen molar-refractivity contribution in [1.29, 1.82) is 0 Å². The highest BCUT2D eigenvalue weighted by atomic mass is 16.5. The van der Waals surface area contributed by atoms with Crippen LogP contribution in [0.15, 0.2) is 11.1 Å². The van der Waals surface area contributed by atoms with Crippen LogP contribution in [-0.4, -0.2) is 50.2 Å². The Hall–Kier alpha value is -2.95. The number of carbonyl (C=O) groups is 2. The van der Waals surface area contributed by atoms with Crippen molar-refractivity contribution in [3.63, 3.8) is 0 Å². The van der Waals surface area contributed by atoms with Crippen molar-refractivity contribution in [2.75, 3.05) is 12.3 Å². The molecule has 0 aliphatic heterocycles. The van der Waals surface area contributed by atoms with Crippen molar-refractivity contribution >= 4 is 29.1 Å². The number of esters is 2. The van der Waals surface area contributed by atoms with Gasteiger partial charge in [0, 0.05) is 18.9 Å². The molecule has 0 amide bonds. The van der Waals surface area contributed by atoms with Gasteiger partial charge in [-0.05, 0) is 32.1 Å². The standard InChI is InChI=1S/C36H64N6O5/c1-5-7-8-9-10-11-12-13-14-15-16-17-18-19-20-23-30(43)47-28(4)29(22-21-24-46-35(45)31(37)27(3)6-2)25-42-26-39-32-33(42)40-36(38)41-34(32)44/h26-29,31H,5-25,37H2,1-4H3,(H3,38,40,41,44)/t27-,28+,29?,31-/m0/s1. The lowest BCUT2D eigenvalue weighted by Gasteiger charge is -2.25. The molecule has 0 aliphatic rings. The minimum absolute atomic E-state index is 0.00772. The van der Waals surface area contributed by atoms with E-state index in [-0.39, 0.29) is 35.9 Å². The maximum absolute atomic E-state index is 12.8. The van der Waals surface area contributed by atoms with Crippen LogP contribution in [0, 0.1) is 11.8 Å². The number of nitrogens with zero attached hydrogens (tertiary/aromatic N) is 3. The van der Waals surface area contributed by atoms with Crippen LogP contribution >= 0.6 is 0 Å². The largest absolute Gasteiger partial charge is 0.465 e. The molecule has 268 valence electrons. The first-order valence-corrected chi connectivity index (χ1v) is 18.5. The molecule has 4 atom stereocenters. The van der Waals surface area contributed by atoms with Crippen molar-refractivity contribution in [2.45, 2.75) is 168 Å². The second-order valence-corrected chi connectivity index (χ2v) is 13.4. The lowest BCUT2D eigenvalue weighted by molar-refractivity contribution is -0.151. The third-order valence-electron chi connectivity index (χ3n) is 9.38. The number of unbranched alkanes of at least 4 members (excludes halogenated alkanes) is 14. The van der Waals surface area contributed by atoms with Crippen LogP contribution in [0.25, 0.3) is 11.2 Å². The van der Waals surface area contributed by atoms with E-state index in [9.17, 15) is 14.4 Å². The Morgan fingerprint density at radius 3 is 2.04 bits per heavy atom. The maximum Gasteiger partial charge on any atom is 0.323 e. The van der Waals surface area contributed by atoms with E-state index < -0.39 is 23.7 Å². The molecule has 0 radical (unpaired) electrons. The molecule has 0 saturated heterocycles. The van der Waals surface area contributed by atoms with Crippen LogP contribution < -0.4 is 17.0 Å². The third kappa shape index (κ3) is 15.7. The van der Waals surface area contributed by atoms with Crippen molar-refractivity contribution in [1.82, 2.24) is 19.5 Å². The van der Waals surface area contributed by atoms with Gasteiger partial charge in [0.1, 0.15) is 12.1 Å². The van der Waals surface area contributed by atoms with Gasteiger partial charge in [0.25, 0.3) is 5.56 Å². The lowest BCUT2D eigenvalue weighted by Crippen LogP contribution is -2.38. The zero-order valence-electron chi connectivity index (χ0n) is 29.8. The maximum atomic E-state index is 12.8. The minimum Gasteiger partial charge on any atom is -0.465 e. The van der Waals surface area contributed by atoms with Crippen LogP contribution in [0.2, 0.25) is 0 Å². The number of imidazole rings is 1. The summed E-state index contributed by atoms with van der Waals surface area (Å²) in [7, 11) is 0. The summed E-state index contributed by atoms with van der Waals surface area (Å²) in [6.07, 6.45) is 22.6. The summed E-state index contributed by atoms with van der Waals surface area (Å²) in [5, 5.41) is 0. The number of nitrogens with one attached hydrogen (secondary N) is 1. The predicted molar refractivity (Wildman–Crippen MR) is 189 cm³/mol. The Morgan fingerprint density at radius 2 is 1.47 bits per heavy atom. The first-order valence-electron chi connectivity index (χ1n) is 18.5. The van der Waals surface area contributed by atoms with Gasteiger partial charge in [-0.15, -0.1) is 0 Å². The Bertz CT molecular complexity index is 1210. The quantitative estimate of drug-likeness (QED) is 0.0662. The van der Waals surface area contributed by atoms with Gasteiger partial charge in [0.15, 0.2) is 11.2 Å². The number of nitrogen functional groups attached to an aromatic ring is 1. The van der Waals surface area contributed by atoms with E-state index in [1.54, 1.807) is 10.9 Å². The number of anilines is 1. The van der Waals surface area contributed by atoms with Gasteiger partial charge in [-0.25, -0.2) is 4.98 Å². The zero-order valence-corrected chi connectivity index (χ0v) is 29.8. The van der Waals surface area contributed by atoms with Gasteiger partial charge >= 0.3 is 11.9 Å². The molecule has 0 bridgehead atoms. The summed E-state index contributed by atoms with van der Waals surface area (Å²) in [5.41, 5.74) is 12.0. The Balaban J connectivity index is 1.75. The van der Waals surface area contributed by atoms with Crippen molar-refractivity contribution in [3.05, 3.63) is 16.7 Å². The molecular formula is C36H64N6O5. The van der Waals surface area contributed by atoms with Crippen LogP contribution in [0.4, 0.5) is 5.95 Å². The van der Waals surface area contributed by atoms with Gasteiger partial charge < -0.3 is 25.5 Å². The fourth-order valence-corrected chi connectivity index (χ4v) is 5.94. The number of aromatic nitrogens is 4. The normalized spacial score (nSPS) is 14.1. The predicted octanol–water partition coefficient (Wildman–Crippen LogP) is 7.21. The molecule has 5 N–H and O–H groups in total. The number of nitrogens with two attached hydrogens (primary N) is 2. The first kappa shape index (κ1) is 40.2. The third-order valence-corrected chi connectivity index (χ3v) is 9.38. The van der Waals surface area contributed by atoms with E-state index in [1.807, 2.05) is 20.8 Å². The Morgan fingerprint density at radius 1 is 0.894 bits per heavy atom. The number of fused-ring (bicyclic) bond motifs is 1. The summed E-state index contributed by atoms with van der Waals surface area (Å²) in [5.74, 6) is -0.706. The molecule has 2 heterocycles. The Labute approximate surface area is 282 Å². The highest BCUT2D eigenvalue weighted by molar-refractivity contribution is 5.75. The molecule has 0 fully saturated rings. The summed E-state index contributed by atoms with van der Waals surface area (Å²) < 4.78 is 13.1. The summed E-state index contributed by atoms with van der Waals surface area (Å²) in [6, 6.07) is -0.651. The molecule has 0 spiro atoms. The van der Waals surface area contributed by atoms with Crippen LogP contribution in [0.1, 0.15) is 150 Å². The molecule has 1 unspecified atom stereocenters. The van der Waals surface area contributed by atoms with Gasteiger partial charge in [-0.3, -0.25) is 19.4 Å².